The quantitative estimate of drug-likeness (QED) is 0.944. The number of benzene rings is 1. The number of hydrogen-bond donors (Lipinski definition) is 1. The van der Waals surface area contributed by atoms with Crippen LogP contribution in [0.15, 0.2) is 29.1 Å². The Morgan fingerprint density at radius 3 is 2.42 bits per heavy atom. The minimum Gasteiger partial charge on any atom is -0.347 e. The molecule has 1 amide bonds. The maximum atomic E-state index is 12.8. The Morgan fingerprint density at radius 1 is 1.17 bits per heavy atom. The van der Waals surface area contributed by atoms with E-state index in [1.807, 2.05) is 32.0 Å². The average Bonchev–Trinajstić information content (AvgIpc) is 3.28. The Morgan fingerprint density at radius 2 is 1.79 bits per heavy atom. The largest absolute Gasteiger partial charge is 0.347 e. The van der Waals surface area contributed by atoms with Crippen LogP contribution in [0.5, 0.6) is 0 Å². The van der Waals surface area contributed by atoms with E-state index >= 15 is 0 Å². The maximum absolute atomic E-state index is 12.8. The molecule has 5 heteroatoms. The summed E-state index contributed by atoms with van der Waals surface area (Å²) in [5, 5.41) is 8.76. The van der Waals surface area contributed by atoms with Gasteiger partial charge in [0, 0.05) is 11.4 Å². The van der Waals surface area contributed by atoms with Crippen LogP contribution < -0.4 is 10.9 Å². The standard InChI is InChI=1S/C19H23N3O2/c1-11(2)22-19(24)15-10-6-5-9-14(15)17(21-22)18(23)20-16-12-7-3-4-8-13(12)16/h5-6,9-13,16H,3-4,7-8H2,1-2H3,(H,20,23)/t12-,13+,16?. The Labute approximate surface area is 141 Å². The topological polar surface area (TPSA) is 64.0 Å². The van der Waals surface area contributed by atoms with Crippen molar-refractivity contribution in [1.82, 2.24) is 15.1 Å². The van der Waals surface area contributed by atoms with Crippen molar-refractivity contribution >= 4 is 16.7 Å². The van der Waals surface area contributed by atoms with E-state index in [4.69, 9.17) is 0 Å². The van der Waals surface area contributed by atoms with E-state index in [9.17, 15) is 9.59 Å². The van der Waals surface area contributed by atoms with Gasteiger partial charge in [-0.05, 0) is 44.6 Å². The molecule has 2 saturated carbocycles. The number of hydrogen-bond acceptors (Lipinski definition) is 3. The lowest BCUT2D eigenvalue weighted by molar-refractivity contribution is 0.0941. The Bertz CT molecular complexity index is 843. The summed E-state index contributed by atoms with van der Waals surface area (Å²) in [4.78, 5) is 25.4. The van der Waals surface area contributed by atoms with Crippen LogP contribution in [0, 0.1) is 11.8 Å². The van der Waals surface area contributed by atoms with Crippen molar-refractivity contribution < 1.29 is 4.79 Å². The van der Waals surface area contributed by atoms with Crippen LogP contribution in [0.4, 0.5) is 0 Å². The zero-order valence-corrected chi connectivity index (χ0v) is 14.2. The molecule has 0 bridgehead atoms. The molecule has 2 fully saturated rings. The van der Waals surface area contributed by atoms with Gasteiger partial charge in [-0.15, -0.1) is 0 Å². The van der Waals surface area contributed by atoms with Crippen molar-refractivity contribution in [2.75, 3.05) is 0 Å². The first-order valence-corrected chi connectivity index (χ1v) is 8.90. The second-order valence-electron chi connectivity index (χ2n) is 7.35. The molecule has 0 spiro atoms. The normalized spacial score (nSPS) is 25.5. The number of fused-ring (bicyclic) bond motifs is 2. The fraction of sp³-hybridized carbons (Fsp3) is 0.526. The van der Waals surface area contributed by atoms with E-state index in [0.717, 1.165) is 0 Å². The summed E-state index contributed by atoms with van der Waals surface area (Å²) in [6.07, 6.45) is 4.98. The minimum absolute atomic E-state index is 0.0860. The van der Waals surface area contributed by atoms with Gasteiger partial charge in [0.2, 0.25) is 0 Å². The van der Waals surface area contributed by atoms with E-state index in [2.05, 4.69) is 10.4 Å². The molecule has 3 atom stereocenters. The highest BCUT2D eigenvalue weighted by Gasteiger charge is 2.51. The average molecular weight is 325 g/mol. The van der Waals surface area contributed by atoms with Crippen molar-refractivity contribution in [2.24, 2.45) is 11.8 Å². The predicted molar refractivity (Wildman–Crippen MR) is 93.1 cm³/mol. The highest BCUT2D eigenvalue weighted by Crippen LogP contribution is 2.49. The van der Waals surface area contributed by atoms with Gasteiger partial charge in [-0.2, -0.15) is 5.10 Å². The number of carbonyl (C=O) groups is 1. The molecule has 1 aromatic heterocycles. The van der Waals surface area contributed by atoms with Gasteiger partial charge in [-0.25, -0.2) is 4.68 Å². The van der Waals surface area contributed by atoms with Crippen LogP contribution in [0.25, 0.3) is 10.8 Å². The summed E-state index contributed by atoms with van der Waals surface area (Å²) in [5.74, 6) is 1.13. The molecular formula is C19H23N3O2. The van der Waals surface area contributed by atoms with Crippen molar-refractivity contribution in [2.45, 2.75) is 51.6 Å². The fourth-order valence-corrected chi connectivity index (χ4v) is 4.15. The van der Waals surface area contributed by atoms with Gasteiger partial charge in [0.15, 0.2) is 5.69 Å². The van der Waals surface area contributed by atoms with Crippen molar-refractivity contribution in [1.29, 1.82) is 0 Å². The number of aromatic nitrogens is 2. The summed E-state index contributed by atoms with van der Waals surface area (Å²) in [7, 11) is 0. The van der Waals surface area contributed by atoms with Crippen molar-refractivity contribution in [3.8, 4) is 0 Å². The lowest BCUT2D eigenvalue weighted by atomic mass is 10.0. The zero-order chi connectivity index (χ0) is 16.8. The van der Waals surface area contributed by atoms with E-state index < -0.39 is 0 Å². The summed E-state index contributed by atoms with van der Waals surface area (Å²) >= 11 is 0. The van der Waals surface area contributed by atoms with Gasteiger partial charge in [0.05, 0.1) is 11.4 Å². The van der Waals surface area contributed by atoms with Crippen LogP contribution >= 0.6 is 0 Å². The minimum atomic E-state index is -0.153. The van der Waals surface area contributed by atoms with Gasteiger partial charge >= 0.3 is 0 Å². The Balaban J connectivity index is 1.71. The van der Waals surface area contributed by atoms with Gasteiger partial charge in [-0.1, -0.05) is 31.0 Å². The molecule has 0 aliphatic heterocycles. The number of nitrogens with zero attached hydrogens (tertiary/aromatic N) is 2. The van der Waals surface area contributed by atoms with Crippen LogP contribution in [0.2, 0.25) is 0 Å². The van der Waals surface area contributed by atoms with Gasteiger partial charge in [-0.3, -0.25) is 9.59 Å². The number of nitrogens with one attached hydrogen (secondary N) is 1. The van der Waals surface area contributed by atoms with Crippen LogP contribution in [0.1, 0.15) is 56.1 Å². The number of rotatable bonds is 3. The molecule has 0 radical (unpaired) electrons. The molecule has 24 heavy (non-hydrogen) atoms. The first-order valence-electron chi connectivity index (χ1n) is 8.90. The second-order valence-corrected chi connectivity index (χ2v) is 7.35. The smallest absolute Gasteiger partial charge is 0.274 e. The lowest BCUT2D eigenvalue weighted by Crippen LogP contribution is -2.33. The molecule has 126 valence electrons. The van der Waals surface area contributed by atoms with Crippen LogP contribution in [-0.4, -0.2) is 21.7 Å². The third-order valence-corrected chi connectivity index (χ3v) is 5.49. The van der Waals surface area contributed by atoms with E-state index in [0.29, 0.717) is 34.3 Å². The molecular weight excluding hydrogens is 302 g/mol. The Kier molecular flexibility index (Phi) is 3.66. The highest BCUT2D eigenvalue weighted by atomic mass is 16.2. The van der Waals surface area contributed by atoms with Crippen molar-refractivity contribution in [3.63, 3.8) is 0 Å². The summed E-state index contributed by atoms with van der Waals surface area (Å²) in [6.45, 7) is 3.81. The van der Waals surface area contributed by atoms with Gasteiger partial charge in [0.1, 0.15) is 0 Å². The lowest BCUT2D eigenvalue weighted by Gasteiger charge is -2.13. The van der Waals surface area contributed by atoms with E-state index in [1.54, 1.807) is 6.07 Å². The molecule has 1 unspecified atom stereocenters. The van der Waals surface area contributed by atoms with E-state index in [1.165, 1.54) is 30.4 Å². The first-order chi connectivity index (χ1) is 11.6. The van der Waals surface area contributed by atoms with Crippen LogP contribution in [0.3, 0.4) is 0 Å². The van der Waals surface area contributed by atoms with Crippen molar-refractivity contribution in [3.05, 3.63) is 40.3 Å². The fourth-order valence-electron chi connectivity index (χ4n) is 4.15. The monoisotopic (exact) mass is 325 g/mol. The molecule has 0 saturated heterocycles. The van der Waals surface area contributed by atoms with E-state index in [-0.39, 0.29) is 17.5 Å². The summed E-state index contributed by atoms with van der Waals surface area (Å²) < 4.78 is 1.41. The molecule has 1 aromatic carbocycles. The second kappa shape index (κ2) is 5.72. The zero-order valence-electron chi connectivity index (χ0n) is 14.2. The third-order valence-electron chi connectivity index (χ3n) is 5.49. The number of carbonyl (C=O) groups excluding carboxylic acids is 1. The molecule has 4 rings (SSSR count). The molecule has 2 aliphatic carbocycles. The first kappa shape index (κ1) is 15.4. The Hall–Kier alpha value is -2.17. The molecule has 1 heterocycles. The summed E-state index contributed by atoms with van der Waals surface area (Å²) in [6, 6.07) is 7.45. The summed E-state index contributed by atoms with van der Waals surface area (Å²) in [5.41, 5.74) is 0.222. The van der Waals surface area contributed by atoms with Gasteiger partial charge < -0.3 is 5.32 Å². The molecule has 1 N–H and O–H groups in total. The molecule has 5 nitrogen and oxygen atoms in total. The molecule has 2 aromatic rings. The van der Waals surface area contributed by atoms with Gasteiger partial charge in [0.25, 0.3) is 11.5 Å². The maximum Gasteiger partial charge on any atom is 0.274 e. The number of amides is 1. The van der Waals surface area contributed by atoms with Crippen LogP contribution in [-0.2, 0) is 0 Å². The SMILES string of the molecule is CC(C)n1nc(C(=O)NC2[C@H]3CCCC[C@@H]23)c2ccccc2c1=O. The third kappa shape index (κ3) is 2.43. The predicted octanol–water partition coefficient (Wildman–Crippen LogP) is 2.90. The molecule has 2 aliphatic rings. The highest BCUT2D eigenvalue weighted by molar-refractivity contribution is 6.05.